The number of rotatable bonds is 8. The number of thiophene rings is 1. The fourth-order valence-electron chi connectivity index (χ4n) is 5.35. The minimum absolute atomic E-state index is 0.0356. The number of halogens is 3. The lowest BCUT2D eigenvalue weighted by molar-refractivity contribution is -0.139. The number of pyridine rings is 1. The lowest BCUT2D eigenvalue weighted by Gasteiger charge is -2.35. The number of fused-ring (bicyclic) bond motifs is 1. The molecule has 0 saturated carbocycles. The average Bonchev–Trinajstić information content (AvgIpc) is 3.61. The Labute approximate surface area is 250 Å². The molecule has 4 heterocycles. The Balaban J connectivity index is 1.22. The third-order valence-corrected chi connectivity index (χ3v) is 8.65. The molecule has 0 radical (unpaired) electrons. The summed E-state index contributed by atoms with van der Waals surface area (Å²) < 4.78 is 48.6. The molecular weight excluding hydrogens is 577 g/mol. The summed E-state index contributed by atoms with van der Waals surface area (Å²) in [5, 5.41) is 0.594. The van der Waals surface area contributed by atoms with E-state index in [-0.39, 0.29) is 16.2 Å². The van der Waals surface area contributed by atoms with Crippen LogP contribution in [0, 0.1) is 0 Å². The third-order valence-electron chi connectivity index (χ3n) is 7.52. The molecule has 1 amide bonds. The minimum atomic E-state index is -4.54. The van der Waals surface area contributed by atoms with Crippen molar-refractivity contribution in [3.8, 4) is 10.8 Å². The molecule has 5 aromatic rings. The Morgan fingerprint density at radius 3 is 2.47 bits per heavy atom. The van der Waals surface area contributed by atoms with E-state index in [9.17, 15) is 18.0 Å². The van der Waals surface area contributed by atoms with Crippen molar-refractivity contribution in [3.05, 3.63) is 101 Å². The number of benzene rings is 2. The minimum Gasteiger partial charge on any atom is -0.484 e. The molecule has 6 rings (SSSR count). The standard InChI is InChI=1S/C31H29F3N6O2S/c1-20(23-9-5-6-10-24(23)31(32,33)34)42-27-16-28(43-29(27)30(35)41)40-19-37-25-17-36-21(15-26(25)40)18-38-11-13-39(14-12-38)22-7-3-2-4-8-22/h2-10,15-17,19-20H,11-14,18H2,1H3,(H2,35,41)/t20-/m1/s1. The van der Waals surface area contributed by atoms with Gasteiger partial charge in [-0.1, -0.05) is 36.4 Å². The Morgan fingerprint density at radius 1 is 1.02 bits per heavy atom. The molecule has 1 fully saturated rings. The van der Waals surface area contributed by atoms with Crippen LogP contribution in [0.5, 0.6) is 5.75 Å². The molecule has 222 valence electrons. The number of piperazine rings is 1. The molecule has 0 aliphatic carbocycles. The van der Waals surface area contributed by atoms with Crippen molar-refractivity contribution in [3.63, 3.8) is 0 Å². The van der Waals surface area contributed by atoms with Gasteiger partial charge >= 0.3 is 6.18 Å². The maximum absolute atomic E-state index is 13.6. The van der Waals surface area contributed by atoms with E-state index in [4.69, 9.17) is 10.5 Å². The molecule has 0 bridgehead atoms. The van der Waals surface area contributed by atoms with Gasteiger partial charge in [0.2, 0.25) is 0 Å². The number of nitrogens with two attached hydrogens (primary N) is 1. The first-order valence-corrected chi connectivity index (χ1v) is 14.6. The summed E-state index contributed by atoms with van der Waals surface area (Å²) >= 11 is 1.09. The largest absolute Gasteiger partial charge is 0.484 e. The van der Waals surface area contributed by atoms with Gasteiger partial charge in [-0.15, -0.1) is 11.3 Å². The van der Waals surface area contributed by atoms with E-state index in [1.165, 1.54) is 30.8 Å². The highest BCUT2D eigenvalue weighted by Gasteiger charge is 2.35. The predicted octanol–water partition coefficient (Wildman–Crippen LogP) is 6.06. The number of alkyl halides is 3. The zero-order chi connectivity index (χ0) is 30.1. The molecule has 1 atom stereocenters. The normalized spacial score (nSPS) is 15.1. The second-order valence-electron chi connectivity index (χ2n) is 10.4. The summed E-state index contributed by atoms with van der Waals surface area (Å²) in [6.07, 6.45) is -2.19. The van der Waals surface area contributed by atoms with E-state index in [0.717, 1.165) is 54.8 Å². The molecule has 0 spiro atoms. The van der Waals surface area contributed by atoms with Gasteiger partial charge < -0.3 is 15.4 Å². The fraction of sp³-hybridized carbons (Fsp3) is 0.258. The SMILES string of the molecule is C[C@@H](Oc1cc(-n2cnc3cnc(CN4CCN(c5ccccc5)CC4)cc32)sc1C(N)=O)c1ccccc1C(F)(F)F. The Hall–Kier alpha value is -4.42. The molecule has 8 nitrogen and oxygen atoms in total. The van der Waals surface area contributed by atoms with Gasteiger partial charge in [0.15, 0.2) is 0 Å². The molecule has 1 aliphatic rings. The topological polar surface area (TPSA) is 89.5 Å². The van der Waals surface area contributed by atoms with Crippen molar-refractivity contribution >= 4 is 34.0 Å². The van der Waals surface area contributed by atoms with Crippen LogP contribution in [0.2, 0.25) is 0 Å². The number of nitrogens with zero attached hydrogens (tertiary/aromatic N) is 5. The lowest BCUT2D eigenvalue weighted by atomic mass is 10.0. The molecule has 43 heavy (non-hydrogen) atoms. The number of primary amides is 1. The summed E-state index contributed by atoms with van der Waals surface area (Å²) in [6, 6.07) is 19.2. The van der Waals surface area contributed by atoms with E-state index >= 15 is 0 Å². The highest BCUT2D eigenvalue weighted by molar-refractivity contribution is 7.16. The average molecular weight is 607 g/mol. The first kappa shape index (κ1) is 28.7. The maximum Gasteiger partial charge on any atom is 0.416 e. The van der Waals surface area contributed by atoms with E-state index < -0.39 is 23.8 Å². The summed E-state index contributed by atoms with van der Waals surface area (Å²) in [5.41, 5.74) is 8.38. The number of amides is 1. The summed E-state index contributed by atoms with van der Waals surface area (Å²) in [6.45, 7) is 5.82. The van der Waals surface area contributed by atoms with Crippen molar-refractivity contribution in [1.82, 2.24) is 19.4 Å². The van der Waals surface area contributed by atoms with Crippen LogP contribution in [0.3, 0.4) is 0 Å². The van der Waals surface area contributed by atoms with Crippen LogP contribution in [-0.2, 0) is 12.7 Å². The van der Waals surface area contributed by atoms with Gasteiger partial charge in [-0.3, -0.25) is 19.2 Å². The number of anilines is 1. The van der Waals surface area contributed by atoms with Gasteiger partial charge in [-0.2, -0.15) is 13.2 Å². The van der Waals surface area contributed by atoms with E-state index in [0.29, 0.717) is 17.1 Å². The van der Waals surface area contributed by atoms with E-state index in [1.54, 1.807) is 18.6 Å². The molecule has 2 N–H and O–H groups in total. The van der Waals surface area contributed by atoms with Crippen LogP contribution < -0.4 is 15.4 Å². The number of para-hydroxylation sites is 1. The molecule has 2 aromatic carbocycles. The number of aromatic nitrogens is 3. The first-order chi connectivity index (χ1) is 20.7. The van der Waals surface area contributed by atoms with Crippen molar-refractivity contribution < 1.29 is 22.7 Å². The number of imidazole rings is 1. The highest BCUT2D eigenvalue weighted by atomic mass is 32.1. The fourth-order valence-corrected chi connectivity index (χ4v) is 6.28. The molecule has 12 heteroatoms. The summed E-state index contributed by atoms with van der Waals surface area (Å²) in [4.78, 5) is 26.3. The second-order valence-corrected chi connectivity index (χ2v) is 11.4. The number of carbonyl (C=O) groups is 1. The second kappa shape index (κ2) is 11.7. The van der Waals surface area contributed by atoms with Crippen molar-refractivity contribution in [2.24, 2.45) is 5.73 Å². The molecule has 1 aliphatic heterocycles. The number of hydrogen-bond donors (Lipinski definition) is 1. The van der Waals surface area contributed by atoms with Crippen LogP contribution in [0.1, 0.15) is 39.5 Å². The maximum atomic E-state index is 13.6. The van der Waals surface area contributed by atoms with Crippen LogP contribution in [0.15, 0.2) is 79.3 Å². The van der Waals surface area contributed by atoms with Gasteiger partial charge in [0.05, 0.1) is 23.0 Å². The van der Waals surface area contributed by atoms with Gasteiger partial charge in [0.1, 0.15) is 33.6 Å². The molecular formula is C31H29F3N6O2S. The van der Waals surface area contributed by atoms with E-state index in [1.807, 2.05) is 28.8 Å². The number of carbonyl (C=O) groups excluding carboxylic acids is 1. The zero-order valence-electron chi connectivity index (χ0n) is 23.3. The third kappa shape index (κ3) is 6.06. The monoisotopic (exact) mass is 606 g/mol. The smallest absolute Gasteiger partial charge is 0.416 e. The van der Waals surface area contributed by atoms with Gasteiger partial charge in [0, 0.05) is 50.0 Å². The van der Waals surface area contributed by atoms with Crippen LogP contribution in [0.25, 0.3) is 16.0 Å². The van der Waals surface area contributed by atoms with Crippen molar-refractivity contribution in [1.29, 1.82) is 0 Å². The summed E-state index contributed by atoms with van der Waals surface area (Å²) in [7, 11) is 0. The first-order valence-electron chi connectivity index (χ1n) is 13.8. The van der Waals surface area contributed by atoms with Crippen LogP contribution in [0.4, 0.5) is 18.9 Å². The summed E-state index contributed by atoms with van der Waals surface area (Å²) in [5.74, 6) is -0.617. The van der Waals surface area contributed by atoms with Crippen molar-refractivity contribution in [2.45, 2.75) is 25.7 Å². The number of hydrogen-bond acceptors (Lipinski definition) is 7. The molecule has 1 saturated heterocycles. The van der Waals surface area contributed by atoms with Crippen molar-refractivity contribution in [2.75, 3.05) is 31.1 Å². The predicted molar refractivity (Wildman–Crippen MR) is 160 cm³/mol. The van der Waals surface area contributed by atoms with Gasteiger partial charge in [-0.05, 0) is 31.2 Å². The Bertz CT molecular complexity index is 1750. The van der Waals surface area contributed by atoms with Crippen LogP contribution in [-0.4, -0.2) is 51.5 Å². The van der Waals surface area contributed by atoms with Gasteiger partial charge in [0.25, 0.3) is 5.91 Å². The van der Waals surface area contributed by atoms with E-state index in [2.05, 4.69) is 31.9 Å². The highest BCUT2D eigenvalue weighted by Crippen LogP contribution is 2.39. The zero-order valence-corrected chi connectivity index (χ0v) is 24.1. The Kier molecular flexibility index (Phi) is 7.80. The molecule has 3 aromatic heterocycles. The van der Waals surface area contributed by atoms with Gasteiger partial charge in [-0.25, -0.2) is 4.98 Å². The molecule has 0 unspecified atom stereocenters. The van der Waals surface area contributed by atoms with Crippen LogP contribution >= 0.6 is 11.3 Å². The Morgan fingerprint density at radius 2 is 1.74 bits per heavy atom. The quantitative estimate of drug-likeness (QED) is 0.231. The lowest BCUT2D eigenvalue weighted by Crippen LogP contribution is -2.46. The number of ether oxygens (including phenoxy) is 1.